The van der Waals surface area contributed by atoms with Crippen LogP contribution in [0.2, 0.25) is 0 Å². The molecule has 0 fully saturated rings. The summed E-state index contributed by atoms with van der Waals surface area (Å²) in [6.07, 6.45) is 4.08. The van der Waals surface area contributed by atoms with E-state index >= 15 is 0 Å². The van der Waals surface area contributed by atoms with Gasteiger partial charge in [0.2, 0.25) is 0 Å². The second-order valence-corrected chi connectivity index (χ2v) is 1.36. The van der Waals surface area contributed by atoms with Crippen molar-refractivity contribution in [3.63, 3.8) is 0 Å². The van der Waals surface area contributed by atoms with Crippen LogP contribution in [-0.4, -0.2) is 12.7 Å². The van der Waals surface area contributed by atoms with E-state index in [1.165, 1.54) is 0 Å². The normalized spacial score (nSPS) is 31.8. The summed E-state index contributed by atoms with van der Waals surface area (Å²) in [4.78, 5) is 0. The largest absolute Gasteiger partial charge is 0.313 e. The van der Waals surface area contributed by atoms with Crippen molar-refractivity contribution in [3.8, 4) is 0 Å². The summed E-state index contributed by atoms with van der Waals surface area (Å²) in [5, 5.41) is 2.99. The van der Waals surface area contributed by atoms with E-state index in [0.717, 1.165) is 6.54 Å². The molecule has 34 valence electrons. The highest BCUT2D eigenvalue weighted by Crippen LogP contribution is 1.83. The Balaban J connectivity index is 2.38. The highest BCUT2D eigenvalue weighted by atomic mass is 15.0. The second kappa shape index (κ2) is 1.41. The van der Waals surface area contributed by atoms with E-state index in [2.05, 4.69) is 5.32 Å². The summed E-state index contributed by atoms with van der Waals surface area (Å²) >= 11 is 0. The van der Waals surface area contributed by atoms with Crippen molar-refractivity contribution in [2.75, 3.05) is 6.54 Å². The Kier molecular flexibility index (Phi) is 0.900. The van der Waals surface area contributed by atoms with E-state index in [1.54, 1.807) is 0 Å². The van der Waals surface area contributed by atoms with E-state index in [-0.39, 0.29) is 6.17 Å². The summed E-state index contributed by atoms with van der Waals surface area (Å²) in [6, 6.07) is 0. The van der Waals surface area contributed by atoms with Gasteiger partial charge in [0.1, 0.15) is 0 Å². The summed E-state index contributed by atoms with van der Waals surface area (Å²) in [5.41, 5.74) is 5.34. The van der Waals surface area contributed by atoms with Crippen molar-refractivity contribution < 1.29 is 0 Å². The lowest BCUT2D eigenvalue weighted by Crippen LogP contribution is -2.30. The fourth-order valence-electron chi connectivity index (χ4n) is 0.487. The first-order chi connectivity index (χ1) is 2.89. The second-order valence-electron chi connectivity index (χ2n) is 1.36. The minimum absolute atomic E-state index is 0.116. The van der Waals surface area contributed by atoms with Gasteiger partial charge in [0.15, 0.2) is 0 Å². The van der Waals surface area contributed by atoms with Gasteiger partial charge in [0.25, 0.3) is 0 Å². The zero-order valence-corrected chi connectivity index (χ0v) is 3.52. The Hall–Kier alpha value is -0.340. The van der Waals surface area contributed by atoms with E-state index in [4.69, 9.17) is 5.73 Å². The number of hydrogen-bond acceptors (Lipinski definition) is 2. The molecule has 0 aliphatic carbocycles. The minimum Gasteiger partial charge on any atom is -0.313 e. The molecule has 2 nitrogen and oxygen atoms in total. The Morgan fingerprint density at radius 3 is 2.83 bits per heavy atom. The molecule has 1 aliphatic rings. The molecule has 0 aromatic rings. The van der Waals surface area contributed by atoms with E-state index < -0.39 is 0 Å². The molecule has 0 aromatic heterocycles. The predicted octanol–water partition coefficient (Wildman–Crippen LogP) is -0.569. The lowest BCUT2D eigenvalue weighted by molar-refractivity contribution is 0.698. The van der Waals surface area contributed by atoms with Gasteiger partial charge in [-0.15, -0.1) is 0 Å². The smallest absolute Gasteiger partial charge is 0.0741 e. The molecule has 1 aliphatic heterocycles. The van der Waals surface area contributed by atoms with Crippen LogP contribution < -0.4 is 11.1 Å². The molecular formula is C4H8N2. The van der Waals surface area contributed by atoms with Crippen molar-refractivity contribution in [1.29, 1.82) is 0 Å². The van der Waals surface area contributed by atoms with Gasteiger partial charge in [-0.1, -0.05) is 12.2 Å². The fourth-order valence-corrected chi connectivity index (χ4v) is 0.487. The van der Waals surface area contributed by atoms with Crippen molar-refractivity contribution >= 4 is 0 Å². The number of nitrogens with one attached hydrogen (secondary N) is 1. The van der Waals surface area contributed by atoms with Crippen LogP contribution in [0.5, 0.6) is 0 Å². The van der Waals surface area contributed by atoms with Crippen LogP contribution in [0.15, 0.2) is 12.2 Å². The number of hydrogen-bond donors (Lipinski definition) is 2. The van der Waals surface area contributed by atoms with Crippen LogP contribution in [0.25, 0.3) is 0 Å². The van der Waals surface area contributed by atoms with Gasteiger partial charge in [-0.3, -0.25) is 5.32 Å². The third-order valence-electron chi connectivity index (χ3n) is 0.815. The maximum atomic E-state index is 5.34. The molecule has 2 heteroatoms. The van der Waals surface area contributed by atoms with Gasteiger partial charge in [-0.25, -0.2) is 0 Å². The molecule has 3 N–H and O–H groups in total. The van der Waals surface area contributed by atoms with E-state index in [0.29, 0.717) is 0 Å². The first-order valence-electron chi connectivity index (χ1n) is 2.05. The quantitative estimate of drug-likeness (QED) is 0.386. The maximum Gasteiger partial charge on any atom is 0.0741 e. The SMILES string of the molecule is NC1C=CCN1. The third kappa shape index (κ3) is 0.584. The highest BCUT2D eigenvalue weighted by Gasteiger charge is 1.96. The van der Waals surface area contributed by atoms with Gasteiger partial charge in [0.05, 0.1) is 6.17 Å². The molecule has 1 atom stereocenters. The average molecular weight is 84.1 g/mol. The molecule has 0 radical (unpaired) electrons. The Morgan fingerprint density at radius 2 is 2.67 bits per heavy atom. The van der Waals surface area contributed by atoms with Crippen molar-refractivity contribution in [2.24, 2.45) is 5.73 Å². The van der Waals surface area contributed by atoms with Gasteiger partial charge < -0.3 is 5.73 Å². The zero-order valence-electron chi connectivity index (χ0n) is 3.52. The molecule has 0 saturated heterocycles. The van der Waals surface area contributed by atoms with Gasteiger partial charge >= 0.3 is 0 Å². The van der Waals surface area contributed by atoms with Crippen LogP contribution in [0.4, 0.5) is 0 Å². The fraction of sp³-hybridized carbons (Fsp3) is 0.500. The summed E-state index contributed by atoms with van der Waals surface area (Å²) < 4.78 is 0. The van der Waals surface area contributed by atoms with Crippen LogP contribution in [0, 0.1) is 0 Å². The number of rotatable bonds is 0. The Morgan fingerprint density at radius 1 is 1.83 bits per heavy atom. The highest BCUT2D eigenvalue weighted by molar-refractivity contribution is 4.98. The predicted molar refractivity (Wildman–Crippen MR) is 25.1 cm³/mol. The van der Waals surface area contributed by atoms with Crippen LogP contribution in [0.1, 0.15) is 0 Å². The summed E-state index contributed by atoms with van der Waals surface area (Å²) in [6.45, 7) is 0.932. The topological polar surface area (TPSA) is 38.0 Å². The lowest BCUT2D eigenvalue weighted by atomic mass is 10.5. The Labute approximate surface area is 37.0 Å². The molecule has 0 spiro atoms. The van der Waals surface area contributed by atoms with E-state index in [1.807, 2.05) is 12.2 Å². The van der Waals surface area contributed by atoms with Crippen molar-refractivity contribution in [1.82, 2.24) is 5.32 Å². The zero-order chi connectivity index (χ0) is 4.41. The molecule has 0 aromatic carbocycles. The third-order valence-corrected chi connectivity index (χ3v) is 0.815. The van der Waals surface area contributed by atoms with E-state index in [9.17, 15) is 0 Å². The first kappa shape index (κ1) is 3.84. The molecule has 6 heavy (non-hydrogen) atoms. The van der Waals surface area contributed by atoms with Gasteiger partial charge in [0, 0.05) is 6.54 Å². The molecule has 1 rings (SSSR count). The summed E-state index contributed by atoms with van der Waals surface area (Å²) in [5.74, 6) is 0. The van der Waals surface area contributed by atoms with Crippen LogP contribution in [0.3, 0.4) is 0 Å². The van der Waals surface area contributed by atoms with Crippen LogP contribution in [-0.2, 0) is 0 Å². The Bertz CT molecular complexity index is 67.9. The van der Waals surface area contributed by atoms with Crippen LogP contribution >= 0.6 is 0 Å². The van der Waals surface area contributed by atoms with Crippen molar-refractivity contribution in [3.05, 3.63) is 12.2 Å². The van der Waals surface area contributed by atoms with Gasteiger partial charge in [-0.05, 0) is 0 Å². The van der Waals surface area contributed by atoms with Crippen molar-refractivity contribution in [2.45, 2.75) is 6.17 Å². The number of nitrogens with two attached hydrogens (primary N) is 1. The van der Waals surface area contributed by atoms with Gasteiger partial charge in [-0.2, -0.15) is 0 Å². The monoisotopic (exact) mass is 84.1 g/mol. The first-order valence-corrected chi connectivity index (χ1v) is 2.05. The minimum atomic E-state index is 0.116. The standard InChI is InChI=1S/C4H8N2/c5-4-2-1-3-6-4/h1-2,4,6H,3,5H2. The molecule has 0 amide bonds. The lowest BCUT2D eigenvalue weighted by Gasteiger charge is -1.95. The molecular weight excluding hydrogens is 76.1 g/mol. The average Bonchev–Trinajstić information content (AvgIpc) is 1.86. The molecule has 0 bridgehead atoms. The molecule has 1 unspecified atom stereocenters. The maximum absolute atomic E-state index is 5.34. The molecule has 0 saturated carbocycles. The summed E-state index contributed by atoms with van der Waals surface area (Å²) in [7, 11) is 0. The molecule has 1 heterocycles.